The molecule has 0 aromatic carbocycles. The molecule has 0 aliphatic rings. The van der Waals surface area contributed by atoms with Crippen molar-refractivity contribution in [1.29, 1.82) is 0 Å². The number of rotatable bonds is 4. The lowest BCUT2D eigenvalue weighted by molar-refractivity contribution is 0.0944. The summed E-state index contributed by atoms with van der Waals surface area (Å²) in [5.74, 6) is -0.165. The summed E-state index contributed by atoms with van der Waals surface area (Å²) >= 11 is 6.57. The Hall–Kier alpha value is -1.14. The number of thiocarbonyl (C=S) groups is 1. The van der Waals surface area contributed by atoms with Crippen LogP contribution in [0.2, 0.25) is 0 Å². The number of aryl methyl sites for hydroxylation is 1. The first-order valence-electron chi connectivity index (χ1n) is 5.59. The molecular formula is C11H17N3OS2. The maximum absolute atomic E-state index is 11.7. The third-order valence-corrected chi connectivity index (χ3v) is 3.42. The highest BCUT2D eigenvalue weighted by Crippen LogP contribution is 2.14. The largest absolute Gasteiger partial charge is 0.361 e. The number of amides is 1. The lowest BCUT2D eigenvalue weighted by atomic mass is 10.3. The van der Waals surface area contributed by atoms with E-state index in [0.29, 0.717) is 10.7 Å². The molecule has 0 radical (unpaired) electrons. The van der Waals surface area contributed by atoms with Gasteiger partial charge < -0.3 is 5.32 Å². The van der Waals surface area contributed by atoms with Crippen LogP contribution in [-0.2, 0) is 6.42 Å². The smallest absolute Gasteiger partial charge is 0.270 e. The first-order chi connectivity index (χ1) is 8.17. The van der Waals surface area contributed by atoms with Gasteiger partial charge in [0.15, 0.2) is 5.11 Å². The average Bonchev–Trinajstić information content (AvgIpc) is 2.82. The summed E-state index contributed by atoms with van der Waals surface area (Å²) in [5.41, 5.74) is 5.89. The van der Waals surface area contributed by atoms with Crippen LogP contribution < -0.4 is 16.2 Å². The SMILES string of the molecule is CCCNC(=S)NNC(=O)c1csc(CC)c1. The highest BCUT2D eigenvalue weighted by atomic mass is 32.1. The first-order valence-corrected chi connectivity index (χ1v) is 6.87. The Morgan fingerprint density at radius 3 is 2.76 bits per heavy atom. The van der Waals surface area contributed by atoms with Gasteiger partial charge in [-0.15, -0.1) is 11.3 Å². The van der Waals surface area contributed by atoms with Gasteiger partial charge in [-0.25, -0.2) is 0 Å². The van der Waals surface area contributed by atoms with Gasteiger partial charge in [0, 0.05) is 16.8 Å². The standard InChI is InChI=1S/C11H17N3OS2/c1-3-5-12-11(16)14-13-10(15)8-6-9(4-2)17-7-8/h6-7H,3-5H2,1-2H3,(H,13,15)(H2,12,14,16). The van der Waals surface area contributed by atoms with E-state index in [1.807, 2.05) is 18.4 Å². The molecule has 17 heavy (non-hydrogen) atoms. The fourth-order valence-corrected chi connectivity index (χ4v) is 2.12. The van der Waals surface area contributed by atoms with Crippen molar-refractivity contribution in [1.82, 2.24) is 16.2 Å². The molecule has 1 aromatic rings. The number of carbonyl (C=O) groups is 1. The minimum absolute atomic E-state index is 0.165. The van der Waals surface area contributed by atoms with E-state index >= 15 is 0 Å². The number of thiophene rings is 1. The van der Waals surface area contributed by atoms with Gasteiger partial charge >= 0.3 is 0 Å². The van der Waals surface area contributed by atoms with E-state index in [9.17, 15) is 4.79 Å². The van der Waals surface area contributed by atoms with Gasteiger partial charge in [0.2, 0.25) is 0 Å². The second kappa shape index (κ2) is 7.24. The highest BCUT2D eigenvalue weighted by Gasteiger charge is 2.07. The summed E-state index contributed by atoms with van der Waals surface area (Å²) in [4.78, 5) is 12.9. The van der Waals surface area contributed by atoms with Gasteiger partial charge in [-0.3, -0.25) is 15.6 Å². The van der Waals surface area contributed by atoms with Crippen molar-refractivity contribution in [3.05, 3.63) is 21.9 Å². The van der Waals surface area contributed by atoms with Gasteiger partial charge in [-0.1, -0.05) is 13.8 Å². The summed E-state index contributed by atoms with van der Waals surface area (Å²) in [6.45, 7) is 4.90. The van der Waals surface area contributed by atoms with E-state index in [0.717, 1.165) is 19.4 Å². The van der Waals surface area contributed by atoms with E-state index in [2.05, 4.69) is 23.1 Å². The molecule has 1 amide bonds. The zero-order valence-corrected chi connectivity index (χ0v) is 11.6. The molecule has 0 atom stereocenters. The minimum atomic E-state index is -0.165. The average molecular weight is 271 g/mol. The number of carbonyl (C=O) groups excluding carboxylic acids is 1. The highest BCUT2D eigenvalue weighted by molar-refractivity contribution is 7.80. The molecule has 4 nitrogen and oxygen atoms in total. The Kier molecular flexibility index (Phi) is 5.93. The molecule has 0 saturated heterocycles. The molecular weight excluding hydrogens is 254 g/mol. The lowest BCUT2D eigenvalue weighted by Crippen LogP contribution is -2.46. The maximum atomic E-state index is 11.7. The van der Waals surface area contributed by atoms with Gasteiger partial charge in [0.05, 0.1) is 5.56 Å². The van der Waals surface area contributed by atoms with Gasteiger partial charge in [0.25, 0.3) is 5.91 Å². The van der Waals surface area contributed by atoms with Crippen LogP contribution in [0.25, 0.3) is 0 Å². The predicted octanol–water partition coefficient (Wildman–Crippen LogP) is 1.83. The van der Waals surface area contributed by atoms with Crippen LogP contribution in [-0.4, -0.2) is 17.6 Å². The number of hydrogen-bond acceptors (Lipinski definition) is 3. The summed E-state index contributed by atoms with van der Waals surface area (Å²) < 4.78 is 0. The van der Waals surface area contributed by atoms with Crippen molar-refractivity contribution >= 4 is 34.6 Å². The van der Waals surface area contributed by atoms with Crippen LogP contribution in [0.15, 0.2) is 11.4 Å². The van der Waals surface area contributed by atoms with Crippen LogP contribution in [0, 0.1) is 0 Å². The van der Waals surface area contributed by atoms with Crippen molar-refractivity contribution in [2.24, 2.45) is 0 Å². The molecule has 0 fully saturated rings. The molecule has 0 aliphatic carbocycles. The normalized spacial score (nSPS) is 9.76. The fourth-order valence-electron chi connectivity index (χ4n) is 1.15. The monoisotopic (exact) mass is 271 g/mol. The zero-order valence-electron chi connectivity index (χ0n) is 10.0. The van der Waals surface area contributed by atoms with Crippen molar-refractivity contribution in [2.45, 2.75) is 26.7 Å². The van der Waals surface area contributed by atoms with Crippen LogP contribution in [0.4, 0.5) is 0 Å². The molecule has 94 valence electrons. The molecule has 1 aromatic heterocycles. The zero-order chi connectivity index (χ0) is 12.7. The van der Waals surface area contributed by atoms with E-state index in [4.69, 9.17) is 12.2 Å². The van der Waals surface area contributed by atoms with Crippen LogP contribution >= 0.6 is 23.6 Å². The minimum Gasteiger partial charge on any atom is -0.361 e. The van der Waals surface area contributed by atoms with Crippen LogP contribution in [0.5, 0.6) is 0 Å². The van der Waals surface area contributed by atoms with Crippen LogP contribution in [0.1, 0.15) is 35.5 Å². The second-order valence-electron chi connectivity index (χ2n) is 3.49. The molecule has 0 bridgehead atoms. The second-order valence-corrected chi connectivity index (χ2v) is 4.89. The quantitative estimate of drug-likeness (QED) is 0.578. The van der Waals surface area contributed by atoms with Crippen molar-refractivity contribution in [2.75, 3.05) is 6.54 Å². The van der Waals surface area contributed by atoms with E-state index in [-0.39, 0.29) is 5.91 Å². The fraction of sp³-hybridized carbons (Fsp3) is 0.455. The summed E-state index contributed by atoms with van der Waals surface area (Å²) in [7, 11) is 0. The number of hydrazine groups is 1. The van der Waals surface area contributed by atoms with E-state index < -0.39 is 0 Å². The molecule has 0 saturated carbocycles. The topological polar surface area (TPSA) is 53.2 Å². The molecule has 1 heterocycles. The maximum Gasteiger partial charge on any atom is 0.270 e. The molecule has 1 rings (SSSR count). The Morgan fingerprint density at radius 2 is 2.18 bits per heavy atom. The third-order valence-electron chi connectivity index (χ3n) is 2.09. The Bertz CT molecular complexity index is 390. The Morgan fingerprint density at radius 1 is 1.41 bits per heavy atom. The van der Waals surface area contributed by atoms with E-state index in [1.165, 1.54) is 4.88 Å². The lowest BCUT2D eigenvalue weighted by Gasteiger charge is -2.09. The number of hydrogen-bond donors (Lipinski definition) is 3. The van der Waals surface area contributed by atoms with Crippen molar-refractivity contribution in [3.63, 3.8) is 0 Å². The first kappa shape index (κ1) is 13.9. The predicted molar refractivity (Wildman–Crippen MR) is 75.2 cm³/mol. The summed E-state index contributed by atoms with van der Waals surface area (Å²) in [6.07, 6.45) is 1.93. The van der Waals surface area contributed by atoms with Crippen molar-refractivity contribution < 1.29 is 4.79 Å². The van der Waals surface area contributed by atoms with Crippen LogP contribution in [0.3, 0.4) is 0 Å². The molecule has 0 unspecified atom stereocenters. The third kappa shape index (κ3) is 4.70. The Balaban J connectivity index is 2.36. The van der Waals surface area contributed by atoms with Crippen molar-refractivity contribution in [3.8, 4) is 0 Å². The molecule has 0 aliphatic heterocycles. The summed E-state index contributed by atoms with van der Waals surface area (Å²) in [5, 5.41) is 5.25. The number of nitrogens with one attached hydrogen (secondary N) is 3. The van der Waals surface area contributed by atoms with Gasteiger partial charge in [-0.2, -0.15) is 0 Å². The summed E-state index contributed by atoms with van der Waals surface area (Å²) in [6, 6.07) is 1.89. The van der Waals surface area contributed by atoms with Gasteiger partial charge in [0.1, 0.15) is 0 Å². The Labute approximate surface area is 111 Å². The molecule has 3 N–H and O–H groups in total. The van der Waals surface area contributed by atoms with E-state index in [1.54, 1.807) is 11.3 Å². The molecule has 0 spiro atoms. The molecule has 6 heteroatoms. The van der Waals surface area contributed by atoms with Gasteiger partial charge in [-0.05, 0) is 31.1 Å².